The molecule has 1 rings (SSSR count). The Morgan fingerprint density at radius 2 is 2.00 bits per heavy atom. The van der Waals surface area contributed by atoms with E-state index in [0.717, 1.165) is 0 Å². The number of alkyl halides is 1. The molecule has 1 aromatic carbocycles. The quantitative estimate of drug-likeness (QED) is 0.269. The fourth-order valence-corrected chi connectivity index (χ4v) is 5.23. The van der Waals surface area contributed by atoms with E-state index in [9.17, 15) is 0 Å². The Morgan fingerprint density at radius 1 is 1.29 bits per heavy atom. The Labute approximate surface area is 131 Å². The van der Waals surface area contributed by atoms with Crippen molar-refractivity contribution in [3.63, 3.8) is 0 Å². The van der Waals surface area contributed by atoms with Gasteiger partial charge in [-0.15, -0.1) is 0 Å². The van der Waals surface area contributed by atoms with Gasteiger partial charge in [-0.3, -0.25) is 0 Å². The van der Waals surface area contributed by atoms with Crippen LogP contribution >= 0.6 is 43.6 Å². The normalized spacial score (nSPS) is 11.8. The predicted octanol–water partition coefficient (Wildman–Crippen LogP) is 4.34. The van der Waals surface area contributed by atoms with Crippen molar-refractivity contribution in [3.8, 4) is 0 Å². The Morgan fingerprint density at radius 3 is 2.53 bits per heavy atom. The molecule has 0 saturated heterocycles. The van der Waals surface area contributed by atoms with Gasteiger partial charge < -0.3 is 0 Å². The van der Waals surface area contributed by atoms with Gasteiger partial charge in [-0.1, -0.05) is 0 Å². The molecule has 17 heavy (non-hydrogen) atoms. The van der Waals surface area contributed by atoms with Gasteiger partial charge in [-0.2, -0.15) is 0 Å². The Bertz CT molecular complexity index is 356. The zero-order valence-electron chi connectivity index (χ0n) is 11.2. The van der Waals surface area contributed by atoms with E-state index in [-0.39, 0.29) is 26.6 Å². The number of rotatable bonds is 5. The second-order valence-corrected chi connectivity index (χ2v) is 9.27. The predicted molar refractivity (Wildman–Crippen MR) is 98.4 cm³/mol. The van der Waals surface area contributed by atoms with Crippen LogP contribution in [0.5, 0.6) is 0 Å². The molecule has 0 heterocycles. The molecule has 0 saturated carbocycles. The van der Waals surface area contributed by atoms with Crippen LogP contribution in [-0.2, 0) is 5.41 Å². The van der Waals surface area contributed by atoms with Crippen molar-refractivity contribution in [2.45, 2.75) is 46.0 Å². The van der Waals surface area contributed by atoms with Gasteiger partial charge in [0, 0.05) is 0 Å². The number of hydrogen-bond donors (Lipinski definition) is 0. The van der Waals surface area contributed by atoms with Crippen molar-refractivity contribution in [1.29, 1.82) is 0 Å². The average molecular weight is 455 g/mol. The molecule has 0 N–H and O–H groups in total. The molecule has 0 amide bonds. The van der Waals surface area contributed by atoms with Gasteiger partial charge in [0.05, 0.1) is 0 Å². The molecule has 0 aromatic heterocycles. The molecule has 0 atom stereocenters. The number of halogens is 2. The van der Waals surface area contributed by atoms with E-state index in [1.165, 1.54) is 28.3 Å². The molecule has 0 unspecified atom stereocenters. The van der Waals surface area contributed by atoms with Gasteiger partial charge in [-0.25, -0.2) is 0 Å². The SMILES string of the molecule is CCCC[IH]c1ccc(C(C)(C)C)c([B]I)c1. The van der Waals surface area contributed by atoms with E-state index < -0.39 is 0 Å². The Hall–Kier alpha value is 0.745. The van der Waals surface area contributed by atoms with Crippen LogP contribution in [0.15, 0.2) is 18.2 Å². The molecule has 0 aliphatic rings. The molecular formula is C14H22BI2. The molecular weight excluding hydrogens is 433 g/mol. The average Bonchev–Trinajstić information content (AvgIpc) is 2.28. The van der Waals surface area contributed by atoms with Gasteiger partial charge in [-0.05, 0) is 0 Å². The summed E-state index contributed by atoms with van der Waals surface area (Å²) >= 11 is 2.41. The number of unbranched alkanes of at least 4 members (excludes halogenated alkanes) is 1. The fraction of sp³-hybridized carbons (Fsp3) is 0.571. The van der Waals surface area contributed by atoms with Crippen molar-refractivity contribution < 1.29 is 0 Å². The van der Waals surface area contributed by atoms with E-state index in [1.807, 2.05) is 0 Å². The van der Waals surface area contributed by atoms with Crippen LogP contribution in [0.2, 0.25) is 0 Å². The van der Waals surface area contributed by atoms with Crippen LogP contribution in [-0.4, -0.2) is 9.56 Å². The first-order valence-corrected chi connectivity index (χ1v) is 10.3. The summed E-state index contributed by atoms with van der Waals surface area (Å²) in [5.41, 5.74) is 3.15. The van der Waals surface area contributed by atoms with Gasteiger partial charge >= 0.3 is 132 Å². The summed E-state index contributed by atoms with van der Waals surface area (Å²) in [5.74, 6) is 0. The van der Waals surface area contributed by atoms with E-state index in [4.69, 9.17) is 0 Å². The van der Waals surface area contributed by atoms with Crippen molar-refractivity contribution in [2.75, 3.05) is 4.43 Å². The van der Waals surface area contributed by atoms with Crippen LogP contribution < -0.4 is 5.46 Å². The first-order valence-electron chi connectivity index (χ1n) is 6.19. The van der Waals surface area contributed by atoms with Crippen LogP contribution in [0.3, 0.4) is 0 Å². The van der Waals surface area contributed by atoms with E-state index in [2.05, 4.69) is 73.4 Å². The molecule has 3 heteroatoms. The summed E-state index contributed by atoms with van der Waals surface area (Å²) < 4.78 is 3.05. The summed E-state index contributed by atoms with van der Waals surface area (Å²) in [5, 5.41) is 2.23. The Kier molecular flexibility index (Phi) is 6.84. The summed E-state index contributed by atoms with van der Waals surface area (Å²) in [7, 11) is 0. The van der Waals surface area contributed by atoms with Crippen molar-refractivity contribution in [3.05, 3.63) is 27.3 Å². The summed E-state index contributed by atoms with van der Waals surface area (Å²) in [6.45, 7) is 9.15. The summed E-state index contributed by atoms with van der Waals surface area (Å²) in [6.07, 6.45) is 2.72. The number of hydrogen-bond acceptors (Lipinski definition) is 0. The number of benzene rings is 1. The maximum absolute atomic E-state index is 2.42. The third-order valence-electron chi connectivity index (χ3n) is 2.72. The van der Waals surface area contributed by atoms with E-state index in [0.29, 0.717) is 0 Å². The summed E-state index contributed by atoms with van der Waals surface area (Å²) in [4.78, 5) is 0. The molecule has 0 aliphatic carbocycles. The zero-order valence-corrected chi connectivity index (χ0v) is 15.7. The minimum absolute atomic E-state index is 0.0440. The second-order valence-electron chi connectivity index (χ2n) is 5.31. The molecule has 1 radical (unpaired) electrons. The van der Waals surface area contributed by atoms with E-state index in [1.54, 1.807) is 3.57 Å². The van der Waals surface area contributed by atoms with Crippen LogP contribution in [0, 0.1) is 3.57 Å². The molecule has 95 valence electrons. The first-order chi connectivity index (χ1) is 7.99. The third kappa shape index (κ3) is 5.09. The monoisotopic (exact) mass is 455 g/mol. The topological polar surface area (TPSA) is 0 Å². The minimum atomic E-state index is 0.0440. The van der Waals surface area contributed by atoms with Crippen LogP contribution in [0.4, 0.5) is 0 Å². The third-order valence-corrected chi connectivity index (χ3v) is 6.47. The van der Waals surface area contributed by atoms with E-state index >= 15 is 0 Å². The van der Waals surface area contributed by atoms with Crippen molar-refractivity contribution >= 4 is 54.2 Å². The molecule has 0 spiro atoms. The van der Waals surface area contributed by atoms with Crippen molar-refractivity contribution in [2.24, 2.45) is 0 Å². The second kappa shape index (κ2) is 7.36. The fourth-order valence-electron chi connectivity index (χ4n) is 1.74. The first kappa shape index (κ1) is 15.8. The van der Waals surface area contributed by atoms with Crippen LogP contribution in [0.1, 0.15) is 46.1 Å². The van der Waals surface area contributed by atoms with Gasteiger partial charge in [0.15, 0.2) is 0 Å². The zero-order chi connectivity index (χ0) is 12.9. The van der Waals surface area contributed by atoms with Gasteiger partial charge in [0.2, 0.25) is 0 Å². The van der Waals surface area contributed by atoms with Crippen molar-refractivity contribution in [1.82, 2.24) is 0 Å². The molecule has 1 aromatic rings. The Balaban J connectivity index is 2.85. The summed E-state index contributed by atoms with van der Waals surface area (Å²) in [6, 6.07) is 7.13. The molecule has 0 bridgehead atoms. The molecule has 0 fully saturated rings. The maximum atomic E-state index is 2.42. The van der Waals surface area contributed by atoms with Gasteiger partial charge in [0.25, 0.3) is 0 Å². The standard InChI is InChI=1S/C14H22BI2/c1-5-6-9-17-11-7-8-12(14(2,3)4)13(10-11)15-16/h7-8,10,17H,5-6,9H2,1-4H3. The van der Waals surface area contributed by atoms with Gasteiger partial charge in [0.1, 0.15) is 0 Å². The molecule has 0 aliphatic heterocycles. The molecule has 0 nitrogen and oxygen atoms in total. The van der Waals surface area contributed by atoms with Crippen LogP contribution in [0.25, 0.3) is 0 Å².